The van der Waals surface area contributed by atoms with E-state index in [9.17, 15) is 9.59 Å². The van der Waals surface area contributed by atoms with Crippen molar-refractivity contribution in [2.24, 2.45) is 0 Å². The van der Waals surface area contributed by atoms with Crippen LogP contribution in [0.15, 0.2) is 24.3 Å². The van der Waals surface area contributed by atoms with Gasteiger partial charge in [-0.3, -0.25) is 4.79 Å². The number of piperazine rings is 1. The molecule has 0 unspecified atom stereocenters. The highest BCUT2D eigenvalue weighted by Crippen LogP contribution is 2.22. The maximum absolute atomic E-state index is 12.1. The van der Waals surface area contributed by atoms with Gasteiger partial charge in [-0.25, -0.2) is 4.79 Å². The second-order valence-electron chi connectivity index (χ2n) is 7.99. The lowest BCUT2D eigenvalue weighted by molar-refractivity contribution is -0.131. The van der Waals surface area contributed by atoms with Crippen LogP contribution in [-0.2, 0) is 16.6 Å². The van der Waals surface area contributed by atoms with Gasteiger partial charge in [0, 0.05) is 32.7 Å². The van der Waals surface area contributed by atoms with E-state index in [1.807, 2.05) is 7.05 Å². The van der Waals surface area contributed by atoms with Crippen LogP contribution < -0.4 is 10.6 Å². The number of benzene rings is 1. The Morgan fingerprint density at radius 3 is 2.19 bits per heavy atom. The number of amides is 3. The standard InChI is InChI=1S/C20H32N4O2/c1-20(2,3)17-7-5-16(6-8-17)9-10-21-19(26)22-15-18(25)24-13-11-23(4)12-14-24/h5-8H,9-15H2,1-4H3,(H2,21,22,26). The van der Waals surface area contributed by atoms with Crippen molar-refractivity contribution in [1.82, 2.24) is 20.4 Å². The van der Waals surface area contributed by atoms with E-state index >= 15 is 0 Å². The van der Waals surface area contributed by atoms with Gasteiger partial charge in [0.05, 0.1) is 6.54 Å². The van der Waals surface area contributed by atoms with Crippen molar-refractivity contribution < 1.29 is 9.59 Å². The second kappa shape index (κ2) is 9.03. The molecule has 0 aromatic heterocycles. The van der Waals surface area contributed by atoms with Gasteiger partial charge < -0.3 is 20.4 Å². The van der Waals surface area contributed by atoms with Gasteiger partial charge >= 0.3 is 6.03 Å². The molecule has 2 rings (SSSR count). The van der Waals surface area contributed by atoms with Crippen molar-refractivity contribution in [2.75, 3.05) is 46.3 Å². The molecule has 0 radical (unpaired) electrons. The smallest absolute Gasteiger partial charge is 0.315 e. The van der Waals surface area contributed by atoms with Gasteiger partial charge in [0.15, 0.2) is 0 Å². The summed E-state index contributed by atoms with van der Waals surface area (Å²) in [6, 6.07) is 8.21. The van der Waals surface area contributed by atoms with Gasteiger partial charge in [-0.2, -0.15) is 0 Å². The number of hydrogen-bond acceptors (Lipinski definition) is 3. The highest BCUT2D eigenvalue weighted by atomic mass is 16.2. The molecule has 144 valence electrons. The number of nitrogens with zero attached hydrogens (tertiary/aromatic N) is 2. The van der Waals surface area contributed by atoms with E-state index in [1.54, 1.807) is 4.90 Å². The topological polar surface area (TPSA) is 64.7 Å². The molecule has 6 nitrogen and oxygen atoms in total. The number of rotatable bonds is 5. The zero-order valence-corrected chi connectivity index (χ0v) is 16.5. The third-order valence-electron chi connectivity index (χ3n) is 4.78. The van der Waals surface area contributed by atoms with Crippen molar-refractivity contribution in [2.45, 2.75) is 32.6 Å². The lowest BCUT2D eigenvalue weighted by Gasteiger charge is -2.32. The number of nitrogens with one attached hydrogen (secondary N) is 2. The summed E-state index contributed by atoms with van der Waals surface area (Å²) in [6.45, 7) is 10.4. The molecule has 0 bridgehead atoms. The van der Waals surface area contributed by atoms with Gasteiger partial charge in [-0.15, -0.1) is 0 Å². The maximum Gasteiger partial charge on any atom is 0.315 e. The zero-order valence-electron chi connectivity index (χ0n) is 16.5. The molecule has 26 heavy (non-hydrogen) atoms. The molecular weight excluding hydrogens is 328 g/mol. The summed E-state index contributed by atoms with van der Waals surface area (Å²) in [5.41, 5.74) is 2.63. The molecule has 3 amide bonds. The molecule has 1 aromatic carbocycles. The first-order chi connectivity index (χ1) is 12.3. The summed E-state index contributed by atoms with van der Waals surface area (Å²) in [4.78, 5) is 27.9. The molecule has 1 saturated heterocycles. The molecule has 2 N–H and O–H groups in total. The molecule has 1 aliphatic heterocycles. The van der Waals surface area contributed by atoms with Crippen LogP contribution in [0.3, 0.4) is 0 Å². The number of urea groups is 1. The van der Waals surface area contributed by atoms with Crippen molar-refractivity contribution >= 4 is 11.9 Å². The van der Waals surface area contributed by atoms with Crippen molar-refractivity contribution in [3.05, 3.63) is 35.4 Å². The van der Waals surface area contributed by atoms with Gasteiger partial charge in [-0.1, -0.05) is 45.0 Å². The minimum Gasteiger partial charge on any atom is -0.339 e. The van der Waals surface area contributed by atoms with E-state index in [1.165, 1.54) is 11.1 Å². The van der Waals surface area contributed by atoms with Crippen LogP contribution in [0.25, 0.3) is 0 Å². The highest BCUT2D eigenvalue weighted by Gasteiger charge is 2.19. The Bertz CT molecular complexity index is 599. The molecule has 1 aliphatic rings. The van der Waals surface area contributed by atoms with Crippen molar-refractivity contribution in [3.8, 4) is 0 Å². The summed E-state index contributed by atoms with van der Waals surface area (Å²) in [7, 11) is 2.05. The van der Waals surface area contributed by atoms with Gasteiger partial charge in [-0.05, 0) is 30.0 Å². The Balaban J connectivity index is 1.65. The van der Waals surface area contributed by atoms with E-state index in [0.717, 1.165) is 32.6 Å². The van der Waals surface area contributed by atoms with Crippen LogP contribution >= 0.6 is 0 Å². The monoisotopic (exact) mass is 360 g/mol. The summed E-state index contributed by atoms with van der Waals surface area (Å²) >= 11 is 0. The molecule has 6 heteroatoms. The summed E-state index contributed by atoms with van der Waals surface area (Å²) in [5.74, 6) is -0.0222. The zero-order chi connectivity index (χ0) is 19.2. The van der Waals surface area contributed by atoms with Crippen LogP contribution in [0.4, 0.5) is 4.79 Å². The third kappa shape index (κ3) is 6.33. The van der Waals surface area contributed by atoms with Gasteiger partial charge in [0.25, 0.3) is 0 Å². The third-order valence-corrected chi connectivity index (χ3v) is 4.78. The van der Waals surface area contributed by atoms with E-state index < -0.39 is 0 Å². The number of hydrogen-bond donors (Lipinski definition) is 2. The fourth-order valence-electron chi connectivity index (χ4n) is 2.88. The maximum atomic E-state index is 12.1. The normalized spacial score (nSPS) is 15.6. The molecule has 1 aromatic rings. The van der Waals surface area contributed by atoms with Crippen LogP contribution in [0.5, 0.6) is 0 Å². The van der Waals surface area contributed by atoms with E-state index in [-0.39, 0.29) is 23.9 Å². The minimum absolute atomic E-state index is 0.0222. The van der Waals surface area contributed by atoms with Gasteiger partial charge in [0.2, 0.25) is 5.91 Å². The largest absolute Gasteiger partial charge is 0.339 e. The predicted octanol–water partition coefficient (Wildman–Crippen LogP) is 1.60. The average molecular weight is 361 g/mol. The highest BCUT2D eigenvalue weighted by molar-refractivity contribution is 5.84. The number of carbonyl (C=O) groups is 2. The average Bonchev–Trinajstić information content (AvgIpc) is 2.60. The van der Waals surface area contributed by atoms with Crippen LogP contribution in [0.2, 0.25) is 0 Å². The quantitative estimate of drug-likeness (QED) is 0.838. The lowest BCUT2D eigenvalue weighted by Crippen LogP contribution is -2.51. The Kier molecular flexibility index (Phi) is 7.03. The number of carbonyl (C=O) groups excluding carboxylic acids is 2. The van der Waals surface area contributed by atoms with Crippen LogP contribution in [-0.4, -0.2) is 68.1 Å². The molecule has 1 fully saturated rings. The molecule has 0 atom stereocenters. The summed E-state index contributed by atoms with van der Waals surface area (Å²) < 4.78 is 0. The molecule has 0 aliphatic carbocycles. The second-order valence-corrected chi connectivity index (χ2v) is 7.99. The lowest BCUT2D eigenvalue weighted by atomic mass is 9.86. The van der Waals surface area contributed by atoms with E-state index in [2.05, 4.69) is 60.6 Å². The SMILES string of the molecule is CN1CCN(C(=O)CNC(=O)NCCc2ccc(C(C)(C)C)cc2)CC1. The van der Waals surface area contributed by atoms with E-state index in [0.29, 0.717) is 6.54 Å². The first kappa shape index (κ1) is 20.2. The van der Waals surface area contributed by atoms with E-state index in [4.69, 9.17) is 0 Å². The van der Waals surface area contributed by atoms with Gasteiger partial charge in [0.1, 0.15) is 0 Å². The molecular formula is C20H32N4O2. The fraction of sp³-hybridized carbons (Fsp3) is 0.600. The van der Waals surface area contributed by atoms with Crippen LogP contribution in [0, 0.1) is 0 Å². The molecule has 0 spiro atoms. The number of likely N-dealkylation sites (N-methyl/N-ethyl adjacent to an activating group) is 1. The molecule has 0 saturated carbocycles. The van der Waals surface area contributed by atoms with Crippen molar-refractivity contribution in [1.29, 1.82) is 0 Å². The Morgan fingerprint density at radius 1 is 1.00 bits per heavy atom. The van der Waals surface area contributed by atoms with Crippen molar-refractivity contribution in [3.63, 3.8) is 0 Å². The summed E-state index contributed by atoms with van der Waals surface area (Å²) in [6.07, 6.45) is 0.768. The Hall–Kier alpha value is -2.08. The fourth-order valence-corrected chi connectivity index (χ4v) is 2.88. The van der Waals surface area contributed by atoms with Crippen LogP contribution in [0.1, 0.15) is 31.9 Å². The summed E-state index contributed by atoms with van der Waals surface area (Å²) in [5, 5.41) is 5.46. The minimum atomic E-state index is -0.293. The first-order valence-electron chi connectivity index (χ1n) is 9.33. The first-order valence-corrected chi connectivity index (χ1v) is 9.33. The Labute approximate surface area is 156 Å². The Morgan fingerprint density at radius 2 is 1.62 bits per heavy atom. The predicted molar refractivity (Wildman–Crippen MR) is 104 cm³/mol. The molecule has 1 heterocycles.